The van der Waals surface area contributed by atoms with Gasteiger partial charge in [0.05, 0.1) is 0 Å². The number of rotatable bonds is 4. The maximum atomic E-state index is 10.4. The second-order valence-corrected chi connectivity index (χ2v) is 3.36. The Labute approximate surface area is 94.9 Å². The third-order valence-corrected chi connectivity index (χ3v) is 2.17. The van der Waals surface area contributed by atoms with Crippen molar-refractivity contribution in [1.82, 2.24) is 0 Å². The molecule has 0 heterocycles. The summed E-state index contributed by atoms with van der Waals surface area (Å²) in [5.41, 5.74) is 8.61. The van der Waals surface area contributed by atoms with Crippen LogP contribution in [0.1, 0.15) is 18.1 Å². The van der Waals surface area contributed by atoms with Crippen LogP contribution in [-0.4, -0.2) is 12.8 Å². The van der Waals surface area contributed by atoms with Crippen LogP contribution in [0.5, 0.6) is 0 Å². The zero-order valence-electron chi connectivity index (χ0n) is 9.47. The van der Waals surface area contributed by atoms with Gasteiger partial charge in [-0.05, 0) is 48.4 Å². The van der Waals surface area contributed by atoms with Gasteiger partial charge in [-0.1, -0.05) is 6.07 Å². The van der Waals surface area contributed by atoms with Crippen LogP contribution in [0.3, 0.4) is 0 Å². The smallest absolute Gasteiger partial charge is 0.110 e. The molecule has 2 N–H and O–H groups in total. The molecule has 0 saturated carbocycles. The van der Waals surface area contributed by atoms with Gasteiger partial charge in [0, 0.05) is 18.5 Å². The largest absolute Gasteiger partial charge is 0.398 e. The Bertz CT molecular complexity index is 436. The van der Waals surface area contributed by atoms with Crippen LogP contribution >= 0.6 is 0 Å². The summed E-state index contributed by atoms with van der Waals surface area (Å²) in [4.78, 5) is 14.4. The second kappa shape index (κ2) is 5.80. The first-order chi connectivity index (χ1) is 7.69. The van der Waals surface area contributed by atoms with E-state index in [-0.39, 0.29) is 0 Å². The molecule has 4 heteroatoms. The normalized spacial score (nSPS) is 12.0. The van der Waals surface area contributed by atoms with Gasteiger partial charge in [-0.15, -0.1) is 4.91 Å². The SMILES string of the molecule is CCN=CC=C(N)c1ccc(N=O)c(C)c1. The minimum Gasteiger partial charge on any atom is -0.398 e. The van der Waals surface area contributed by atoms with E-state index in [1.807, 2.05) is 19.9 Å². The average Bonchev–Trinajstić information content (AvgIpc) is 2.29. The van der Waals surface area contributed by atoms with Crippen molar-refractivity contribution in [3.05, 3.63) is 40.3 Å². The van der Waals surface area contributed by atoms with Gasteiger partial charge in [0.1, 0.15) is 5.69 Å². The van der Waals surface area contributed by atoms with Crippen molar-refractivity contribution >= 4 is 17.6 Å². The Morgan fingerprint density at radius 3 is 2.81 bits per heavy atom. The monoisotopic (exact) mass is 217 g/mol. The van der Waals surface area contributed by atoms with Crippen molar-refractivity contribution in [2.45, 2.75) is 13.8 Å². The Balaban J connectivity index is 2.97. The molecule has 0 spiro atoms. The summed E-state index contributed by atoms with van der Waals surface area (Å²) in [5, 5.41) is 2.91. The second-order valence-electron chi connectivity index (χ2n) is 3.36. The third kappa shape index (κ3) is 3.02. The number of nitrogens with zero attached hydrogens (tertiary/aromatic N) is 2. The number of allylic oxidation sites excluding steroid dienone is 1. The van der Waals surface area contributed by atoms with Gasteiger partial charge in [-0.2, -0.15) is 0 Å². The fraction of sp³-hybridized carbons (Fsp3) is 0.250. The summed E-state index contributed by atoms with van der Waals surface area (Å²) in [6.45, 7) is 4.51. The van der Waals surface area contributed by atoms with Gasteiger partial charge in [-0.3, -0.25) is 4.99 Å². The van der Waals surface area contributed by atoms with Crippen molar-refractivity contribution in [2.75, 3.05) is 6.54 Å². The fourth-order valence-electron chi connectivity index (χ4n) is 1.27. The highest BCUT2D eigenvalue weighted by molar-refractivity contribution is 5.83. The number of nitroso groups, excluding NO2 is 1. The van der Waals surface area contributed by atoms with Gasteiger partial charge in [0.25, 0.3) is 0 Å². The number of hydrogen-bond acceptors (Lipinski definition) is 4. The molecule has 84 valence electrons. The average molecular weight is 217 g/mol. The van der Waals surface area contributed by atoms with Crippen LogP contribution in [0.25, 0.3) is 5.70 Å². The van der Waals surface area contributed by atoms with Gasteiger partial charge >= 0.3 is 0 Å². The molecule has 0 aliphatic heterocycles. The molecule has 0 saturated heterocycles. The molecular formula is C12H15N3O. The lowest BCUT2D eigenvalue weighted by Crippen LogP contribution is -1.97. The quantitative estimate of drug-likeness (QED) is 0.622. The minimum absolute atomic E-state index is 0.443. The Morgan fingerprint density at radius 1 is 1.50 bits per heavy atom. The number of benzene rings is 1. The zero-order chi connectivity index (χ0) is 12.0. The molecule has 16 heavy (non-hydrogen) atoms. The molecule has 0 aliphatic carbocycles. The lowest BCUT2D eigenvalue weighted by Gasteiger charge is -2.03. The number of nitrogens with two attached hydrogens (primary N) is 1. The Kier molecular flexibility index (Phi) is 4.39. The number of hydrogen-bond donors (Lipinski definition) is 1. The lowest BCUT2D eigenvalue weighted by molar-refractivity contribution is 1.14. The minimum atomic E-state index is 0.443. The van der Waals surface area contributed by atoms with Crippen LogP contribution in [0.15, 0.2) is 34.4 Å². The first kappa shape index (κ1) is 12.1. The zero-order valence-corrected chi connectivity index (χ0v) is 9.47. The highest BCUT2D eigenvalue weighted by Crippen LogP contribution is 2.21. The molecule has 4 nitrogen and oxygen atoms in total. The summed E-state index contributed by atoms with van der Waals surface area (Å²) in [6.07, 6.45) is 3.42. The van der Waals surface area contributed by atoms with Crippen LogP contribution in [0.2, 0.25) is 0 Å². The van der Waals surface area contributed by atoms with Crippen LogP contribution in [-0.2, 0) is 0 Å². The Hall–Kier alpha value is -1.97. The summed E-state index contributed by atoms with van der Waals surface area (Å²) in [5.74, 6) is 0. The van der Waals surface area contributed by atoms with E-state index >= 15 is 0 Å². The van der Waals surface area contributed by atoms with Gasteiger partial charge in [-0.25, -0.2) is 0 Å². The van der Waals surface area contributed by atoms with Crippen LogP contribution in [0, 0.1) is 11.8 Å². The van der Waals surface area contributed by atoms with Gasteiger partial charge < -0.3 is 5.73 Å². The molecular weight excluding hydrogens is 202 g/mol. The summed E-state index contributed by atoms with van der Waals surface area (Å²) in [6, 6.07) is 5.27. The lowest BCUT2D eigenvalue weighted by atomic mass is 10.1. The standard InChI is InChI=1S/C12H15N3O/c1-3-14-7-6-11(13)10-4-5-12(15-16)9(2)8-10/h4-8H,3,13H2,1-2H3. The molecule has 0 fully saturated rings. The molecule has 0 unspecified atom stereocenters. The molecule has 0 aromatic heterocycles. The molecule has 0 radical (unpaired) electrons. The maximum Gasteiger partial charge on any atom is 0.110 e. The van der Waals surface area contributed by atoms with E-state index in [0.717, 1.165) is 17.7 Å². The number of aryl methyl sites for hydroxylation is 1. The maximum absolute atomic E-state index is 10.4. The van der Waals surface area contributed by atoms with E-state index in [1.165, 1.54) is 0 Å². The van der Waals surface area contributed by atoms with Crippen molar-refractivity contribution in [1.29, 1.82) is 0 Å². The fourth-order valence-corrected chi connectivity index (χ4v) is 1.27. The summed E-state index contributed by atoms with van der Waals surface area (Å²) in [7, 11) is 0. The van der Waals surface area contributed by atoms with E-state index in [0.29, 0.717) is 11.4 Å². The van der Waals surface area contributed by atoms with Crippen LogP contribution < -0.4 is 5.73 Å². The first-order valence-electron chi connectivity index (χ1n) is 5.09. The first-order valence-corrected chi connectivity index (χ1v) is 5.09. The molecule has 0 aliphatic rings. The molecule has 1 aromatic carbocycles. The van der Waals surface area contributed by atoms with Gasteiger partial charge in [0.2, 0.25) is 0 Å². The van der Waals surface area contributed by atoms with Gasteiger partial charge in [0.15, 0.2) is 0 Å². The van der Waals surface area contributed by atoms with E-state index in [9.17, 15) is 4.91 Å². The molecule has 0 amide bonds. The summed E-state index contributed by atoms with van der Waals surface area (Å²) >= 11 is 0. The summed E-state index contributed by atoms with van der Waals surface area (Å²) < 4.78 is 0. The van der Waals surface area contributed by atoms with E-state index in [2.05, 4.69) is 10.2 Å². The topological polar surface area (TPSA) is 67.8 Å². The highest BCUT2D eigenvalue weighted by atomic mass is 16.3. The van der Waals surface area contributed by atoms with Crippen molar-refractivity contribution in [2.24, 2.45) is 15.9 Å². The predicted octanol–water partition coefficient (Wildman–Crippen LogP) is 2.78. The van der Waals surface area contributed by atoms with Crippen molar-refractivity contribution in [3.63, 3.8) is 0 Å². The van der Waals surface area contributed by atoms with E-state index in [1.54, 1.807) is 24.4 Å². The predicted molar refractivity (Wildman–Crippen MR) is 67.8 cm³/mol. The van der Waals surface area contributed by atoms with Crippen molar-refractivity contribution < 1.29 is 0 Å². The van der Waals surface area contributed by atoms with Crippen LogP contribution in [0.4, 0.5) is 5.69 Å². The number of aliphatic imine (C=N–C) groups is 1. The highest BCUT2D eigenvalue weighted by Gasteiger charge is 2.01. The van der Waals surface area contributed by atoms with Crippen molar-refractivity contribution in [3.8, 4) is 0 Å². The Morgan fingerprint density at radius 2 is 2.25 bits per heavy atom. The molecule has 0 atom stereocenters. The molecule has 0 bridgehead atoms. The molecule has 1 aromatic rings. The molecule has 1 rings (SSSR count). The van der Waals surface area contributed by atoms with E-state index in [4.69, 9.17) is 5.73 Å². The van der Waals surface area contributed by atoms with E-state index < -0.39 is 0 Å². The third-order valence-electron chi connectivity index (χ3n) is 2.17.